The zero-order valence-electron chi connectivity index (χ0n) is 15.8. The molecule has 0 N–H and O–H groups in total. The Kier molecular flexibility index (Phi) is 4.33. The zero-order valence-corrected chi connectivity index (χ0v) is 15.8. The molecule has 3 rings (SSSR count). The van der Waals surface area contributed by atoms with Crippen LogP contribution in [0, 0.1) is 22.7 Å². The fraction of sp³-hybridized carbons (Fsp3) is 0.895. The van der Waals surface area contributed by atoms with Crippen molar-refractivity contribution >= 4 is 12.0 Å². The van der Waals surface area contributed by atoms with Crippen LogP contribution in [-0.4, -0.2) is 55.1 Å². The molecule has 0 radical (unpaired) electrons. The molecule has 136 valence electrons. The largest absolute Gasteiger partial charge is 0.462 e. The number of hydrogen-bond donors (Lipinski definition) is 0. The molecule has 0 aromatic rings. The lowest BCUT2D eigenvalue weighted by Gasteiger charge is -2.39. The minimum atomic E-state index is -0.0537. The quantitative estimate of drug-likeness (QED) is 0.728. The van der Waals surface area contributed by atoms with Gasteiger partial charge in [0.2, 0.25) is 0 Å². The lowest BCUT2D eigenvalue weighted by atomic mass is 9.70. The number of nitrogens with zero attached hydrogens (tertiary/aromatic N) is 2. The standard InChI is InChI=1S/C19H32N2O3/c1-18(2)14-6-9-19(18,3)15(12-14)24-16(22)13-7-10-21(11-8-13)17(23)20(4)5/h13-15H,6-12H2,1-5H3. The van der Waals surface area contributed by atoms with Crippen molar-refractivity contribution in [2.24, 2.45) is 22.7 Å². The summed E-state index contributed by atoms with van der Waals surface area (Å²) in [4.78, 5) is 28.1. The van der Waals surface area contributed by atoms with Gasteiger partial charge in [0.1, 0.15) is 6.10 Å². The van der Waals surface area contributed by atoms with E-state index in [1.54, 1.807) is 19.0 Å². The van der Waals surface area contributed by atoms with Crippen molar-refractivity contribution in [2.75, 3.05) is 27.2 Å². The summed E-state index contributed by atoms with van der Waals surface area (Å²) in [5.74, 6) is 0.587. The van der Waals surface area contributed by atoms with Gasteiger partial charge in [0.05, 0.1) is 5.92 Å². The highest BCUT2D eigenvalue weighted by molar-refractivity contribution is 5.76. The maximum atomic E-state index is 12.7. The number of carbonyl (C=O) groups is 2. The van der Waals surface area contributed by atoms with Crippen LogP contribution in [0.3, 0.4) is 0 Å². The van der Waals surface area contributed by atoms with Crippen LogP contribution in [0.2, 0.25) is 0 Å². The molecule has 3 fully saturated rings. The average molecular weight is 336 g/mol. The van der Waals surface area contributed by atoms with Gasteiger partial charge in [-0.05, 0) is 43.4 Å². The first-order valence-corrected chi connectivity index (χ1v) is 9.33. The number of fused-ring (bicyclic) bond motifs is 2. The van der Waals surface area contributed by atoms with Crippen molar-refractivity contribution in [2.45, 2.75) is 59.0 Å². The molecule has 5 heteroatoms. The predicted molar refractivity (Wildman–Crippen MR) is 92.5 cm³/mol. The molecule has 1 heterocycles. The van der Waals surface area contributed by atoms with E-state index < -0.39 is 0 Å². The topological polar surface area (TPSA) is 49.9 Å². The smallest absolute Gasteiger partial charge is 0.319 e. The van der Waals surface area contributed by atoms with Crippen LogP contribution in [-0.2, 0) is 9.53 Å². The second-order valence-corrected chi connectivity index (χ2v) is 8.97. The number of piperidine rings is 1. The fourth-order valence-corrected chi connectivity index (χ4v) is 5.13. The minimum absolute atomic E-state index is 0.0316. The van der Waals surface area contributed by atoms with Gasteiger partial charge in [-0.2, -0.15) is 0 Å². The molecule has 0 aromatic carbocycles. The molecule has 2 bridgehead atoms. The van der Waals surface area contributed by atoms with E-state index in [0.717, 1.165) is 6.42 Å². The first-order chi connectivity index (χ1) is 11.2. The van der Waals surface area contributed by atoms with E-state index >= 15 is 0 Å². The van der Waals surface area contributed by atoms with E-state index in [9.17, 15) is 9.59 Å². The van der Waals surface area contributed by atoms with Crippen molar-refractivity contribution in [3.05, 3.63) is 0 Å². The van der Waals surface area contributed by atoms with Gasteiger partial charge in [-0.3, -0.25) is 4.79 Å². The summed E-state index contributed by atoms with van der Waals surface area (Å²) in [5.41, 5.74) is 0.383. The average Bonchev–Trinajstić information content (AvgIpc) is 2.87. The van der Waals surface area contributed by atoms with Gasteiger partial charge >= 0.3 is 12.0 Å². The molecule has 24 heavy (non-hydrogen) atoms. The van der Waals surface area contributed by atoms with Gasteiger partial charge < -0.3 is 14.5 Å². The SMILES string of the molecule is CN(C)C(=O)N1CCC(C(=O)OC2CC3CCC2(C)C3(C)C)CC1. The van der Waals surface area contributed by atoms with Gasteiger partial charge in [-0.25, -0.2) is 4.79 Å². The Morgan fingerprint density at radius 1 is 1.08 bits per heavy atom. The van der Waals surface area contributed by atoms with Crippen LogP contribution < -0.4 is 0 Å². The van der Waals surface area contributed by atoms with E-state index in [2.05, 4.69) is 20.8 Å². The molecular weight excluding hydrogens is 304 g/mol. The molecule has 3 aliphatic rings. The molecule has 2 saturated carbocycles. The van der Waals surface area contributed by atoms with Crippen molar-refractivity contribution in [3.63, 3.8) is 0 Å². The first kappa shape index (κ1) is 17.6. The van der Waals surface area contributed by atoms with Crippen LogP contribution in [0.5, 0.6) is 0 Å². The number of carbonyl (C=O) groups excluding carboxylic acids is 2. The molecule has 3 unspecified atom stereocenters. The molecular formula is C19H32N2O3. The maximum absolute atomic E-state index is 12.7. The first-order valence-electron chi connectivity index (χ1n) is 9.33. The van der Waals surface area contributed by atoms with Gasteiger partial charge in [-0.1, -0.05) is 20.8 Å². The van der Waals surface area contributed by atoms with Gasteiger partial charge in [0.15, 0.2) is 0 Å². The zero-order chi connectivity index (χ0) is 17.7. The van der Waals surface area contributed by atoms with Crippen molar-refractivity contribution in [1.29, 1.82) is 0 Å². The third kappa shape index (κ3) is 2.60. The van der Waals surface area contributed by atoms with E-state index in [1.807, 2.05) is 4.90 Å². The maximum Gasteiger partial charge on any atom is 0.319 e. The monoisotopic (exact) mass is 336 g/mol. The highest BCUT2D eigenvalue weighted by Gasteiger charge is 2.63. The summed E-state index contributed by atoms with van der Waals surface area (Å²) in [6.45, 7) is 8.27. The van der Waals surface area contributed by atoms with E-state index in [-0.39, 0.29) is 34.9 Å². The second-order valence-electron chi connectivity index (χ2n) is 8.97. The summed E-state index contributed by atoms with van der Waals surface area (Å²) in [6.07, 6.45) is 4.96. The normalized spacial score (nSPS) is 35.1. The molecule has 0 aromatic heterocycles. The Hall–Kier alpha value is -1.26. The van der Waals surface area contributed by atoms with Crippen molar-refractivity contribution in [3.8, 4) is 0 Å². The van der Waals surface area contributed by atoms with Gasteiger partial charge in [0.25, 0.3) is 0 Å². The summed E-state index contributed by atoms with van der Waals surface area (Å²) in [5, 5.41) is 0. The number of hydrogen-bond acceptors (Lipinski definition) is 3. The molecule has 3 atom stereocenters. The van der Waals surface area contributed by atoms with Crippen molar-refractivity contribution in [1.82, 2.24) is 9.80 Å². The Morgan fingerprint density at radius 2 is 1.71 bits per heavy atom. The highest BCUT2D eigenvalue weighted by Crippen LogP contribution is 2.66. The molecule has 1 saturated heterocycles. The van der Waals surface area contributed by atoms with Crippen LogP contribution in [0.1, 0.15) is 52.9 Å². The minimum Gasteiger partial charge on any atom is -0.462 e. The Bertz CT molecular complexity index is 523. The lowest BCUT2D eigenvalue weighted by Crippen LogP contribution is -2.46. The van der Waals surface area contributed by atoms with Crippen molar-refractivity contribution < 1.29 is 14.3 Å². The number of urea groups is 1. The number of rotatable bonds is 2. The summed E-state index contributed by atoms with van der Waals surface area (Å²) < 4.78 is 6.01. The molecule has 2 aliphatic carbocycles. The summed E-state index contributed by atoms with van der Waals surface area (Å²) >= 11 is 0. The third-order valence-electron chi connectivity index (χ3n) is 7.45. The summed E-state index contributed by atoms with van der Waals surface area (Å²) in [6, 6.07) is 0.0316. The summed E-state index contributed by atoms with van der Waals surface area (Å²) in [7, 11) is 3.53. The van der Waals surface area contributed by atoms with Crippen LogP contribution in [0.4, 0.5) is 4.79 Å². The number of amides is 2. The Labute approximate surface area is 145 Å². The lowest BCUT2D eigenvalue weighted by molar-refractivity contribution is -0.163. The third-order valence-corrected chi connectivity index (χ3v) is 7.45. The van der Waals surface area contributed by atoms with Gasteiger partial charge in [0, 0.05) is 32.6 Å². The van der Waals surface area contributed by atoms with Gasteiger partial charge in [-0.15, -0.1) is 0 Å². The van der Waals surface area contributed by atoms with Crippen LogP contribution >= 0.6 is 0 Å². The second kappa shape index (κ2) is 5.92. The molecule has 1 aliphatic heterocycles. The number of esters is 1. The van der Waals surface area contributed by atoms with Crippen LogP contribution in [0.25, 0.3) is 0 Å². The van der Waals surface area contributed by atoms with Crippen LogP contribution in [0.15, 0.2) is 0 Å². The van der Waals surface area contributed by atoms with E-state index in [1.165, 1.54) is 12.8 Å². The van der Waals surface area contributed by atoms with E-state index in [0.29, 0.717) is 31.8 Å². The molecule has 5 nitrogen and oxygen atoms in total. The highest BCUT2D eigenvalue weighted by atomic mass is 16.5. The molecule has 0 spiro atoms. The Balaban J connectivity index is 1.55. The number of ether oxygens (including phenoxy) is 1. The molecule has 2 amide bonds. The Morgan fingerprint density at radius 3 is 2.17 bits per heavy atom. The number of likely N-dealkylation sites (tertiary alicyclic amines) is 1. The predicted octanol–water partition coefficient (Wildman–Crippen LogP) is 3.14. The van der Waals surface area contributed by atoms with E-state index in [4.69, 9.17) is 4.74 Å². The fourth-order valence-electron chi connectivity index (χ4n) is 5.13.